The summed E-state index contributed by atoms with van der Waals surface area (Å²) in [7, 11) is 2.46. The lowest BCUT2D eigenvalue weighted by Crippen LogP contribution is -2.57. The van der Waals surface area contributed by atoms with Crippen LogP contribution in [0.3, 0.4) is 0 Å². The van der Waals surface area contributed by atoms with Gasteiger partial charge >= 0.3 is 0 Å². The number of hydrogen-bond acceptors (Lipinski definition) is 8. The summed E-state index contributed by atoms with van der Waals surface area (Å²) in [5.41, 5.74) is 4.18. The molecule has 0 saturated carbocycles. The van der Waals surface area contributed by atoms with E-state index in [1.54, 1.807) is 18.5 Å². The summed E-state index contributed by atoms with van der Waals surface area (Å²) in [6.45, 7) is 1.29. The number of imidazole rings is 1. The monoisotopic (exact) mass is 705 g/mol. The van der Waals surface area contributed by atoms with Gasteiger partial charge in [-0.25, -0.2) is 15.0 Å². The van der Waals surface area contributed by atoms with Gasteiger partial charge in [-0.05, 0) is 54.2 Å². The molecule has 50 heavy (non-hydrogen) atoms. The number of rotatable bonds is 11. The minimum atomic E-state index is -1.33. The van der Waals surface area contributed by atoms with Crippen LogP contribution in [-0.4, -0.2) is 74.9 Å². The van der Waals surface area contributed by atoms with Crippen molar-refractivity contribution in [1.82, 2.24) is 29.1 Å². The Morgan fingerprint density at radius 1 is 0.860 bits per heavy atom. The standard InChI is InChI=1S/C38H37ClN7O3P/c1-44(2)50(39)48-25-32-23-45(38(29-17-9-4-10-18-29,30-19-11-5-12-20-30)31-21-13-6-14-22-31)24-33(49-32)46-27-42-34-35(40-26-41-36(34)46)43-37(47)28-15-7-3-8-16-28/h3-22,26-27,32-33H,23-25H2,1-2H3,(H,40,41,43,47)/t32-,33+,50?/m0/s1. The lowest BCUT2D eigenvalue weighted by Gasteiger charge is -2.50. The first kappa shape index (κ1) is 33.9. The van der Waals surface area contributed by atoms with Crippen LogP contribution in [0.4, 0.5) is 5.82 Å². The number of hydrogen-bond donors (Lipinski definition) is 1. The van der Waals surface area contributed by atoms with Crippen molar-refractivity contribution < 1.29 is 14.1 Å². The minimum absolute atomic E-state index is 0.273. The molecule has 1 fully saturated rings. The number of anilines is 1. The molecule has 1 N–H and O–H groups in total. The number of morpholine rings is 1. The van der Waals surface area contributed by atoms with E-state index in [1.165, 1.54) is 6.33 Å². The highest BCUT2D eigenvalue weighted by atomic mass is 35.7. The fourth-order valence-corrected chi connectivity index (χ4v) is 7.30. The topological polar surface area (TPSA) is 97.6 Å². The van der Waals surface area contributed by atoms with E-state index in [4.69, 9.17) is 25.5 Å². The zero-order valence-corrected chi connectivity index (χ0v) is 29.4. The molecule has 1 aliphatic rings. The molecule has 0 spiro atoms. The molecular weight excluding hydrogens is 669 g/mol. The number of fused-ring (bicyclic) bond motifs is 1. The Balaban J connectivity index is 1.33. The predicted molar refractivity (Wildman–Crippen MR) is 197 cm³/mol. The molecule has 3 atom stereocenters. The summed E-state index contributed by atoms with van der Waals surface area (Å²) in [4.78, 5) is 29.2. The fraction of sp³-hybridized carbons (Fsp3) is 0.211. The minimum Gasteiger partial charge on any atom is -0.350 e. The molecule has 2 aromatic heterocycles. The van der Waals surface area contributed by atoms with Gasteiger partial charge in [-0.1, -0.05) is 109 Å². The molecular formula is C38H37ClN7O3P. The van der Waals surface area contributed by atoms with E-state index < -0.39 is 19.4 Å². The van der Waals surface area contributed by atoms with E-state index >= 15 is 0 Å². The highest BCUT2D eigenvalue weighted by Crippen LogP contribution is 2.47. The number of benzene rings is 4. The first-order valence-corrected chi connectivity index (χ1v) is 18.4. The Morgan fingerprint density at radius 2 is 1.42 bits per heavy atom. The molecule has 3 heterocycles. The van der Waals surface area contributed by atoms with E-state index in [-0.39, 0.29) is 18.6 Å². The summed E-state index contributed by atoms with van der Waals surface area (Å²) < 4.78 is 16.8. The zero-order valence-electron chi connectivity index (χ0n) is 27.7. The van der Waals surface area contributed by atoms with Crippen LogP contribution in [0.5, 0.6) is 0 Å². The van der Waals surface area contributed by atoms with Crippen LogP contribution in [0.2, 0.25) is 0 Å². The first-order chi connectivity index (χ1) is 24.4. The summed E-state index contributed by atoms with van der Waals surface area (Å²) in [6.07, 6.45) is 2.23. The predicted octanol–water partition coefficient (Wildman–Crippen LogP) is 7.31. The van der Waals surface area contributed by atoms with Crippen LogP contribution >= 0.6 is 18.9 Å². The summed E-state index contributed by atoms with van der Waals surface area (Å²) in [5, 5.41) is 2.91. The molecule has 1 saturated heterocycles. The largest absolute Gasteiger partial charge is 0.350 e. The second-order valence-electron chi connectivity index (χ2n) is 12.2. The molecule has 4 aromatic carbocycles. The Labute approximate surface area is 297 Å². The number of carbonyl (C=O) groups excluding carboxylic acids is 1. The Hall–Kier alpha value is -4.54. The van der Waals surface area contributed by atoms with Gasteiger partial charge in [-0.15, -0.1) is 0 Å². The van der Waals surface area contributed by atoms with Crippen LogP contribution in [0.15, 0.2) is 134 Å². The quantitative estimate of drug-likeness (QED) is 0.111. The maximum Gasteiger partial charge on any atom is 0.256 e. The molecule has 10 nitrogen and oxygen atoms in total. The lowest BCUT2D eigenvalue weighted by molar-refractivity contribution is -0.145. The van der Waals surface area contributed by atoms with Crippen LogP contribution < -0.4 is 5.32 Å². The van der Waals surface area contributed by atoms with Gasteiger partial charge in [0.1, 0.15) is 12.6 Å². The van der Waals surface area contributed by atoms with Gasteiger partial charge in [-0.2, -0.15) is 0 Å². The van der Waals surface area contributed by atoms with Crippen LogP contribution in [0.1, 0.15) is 33.3 Å². The maximum absolute atomic E-state index is 13.1. The van der Waals surface area contributed by atoms with Gasteiger partial charge < -0.3 is 14.6 Å². The molecule has 254 valence electrons. The highest BCUT2D eigenvalue weighted by molar-refractivity contribution is 7.78. The van der Waals surface area contributed by atoms with E-state index in [9.17, 15) is 4.79 Å². The molecule has 0 bridgehead atoms. The second kappa shape index (κ2) is 15.1. The Morgan fingerprint density at radius 3 is 1.98 bits per heavy atom. The lowest BCUT2D eigenvalue weighted by atomic mass is 9.75. The average Bonchev–Trinajstić information content (AvgIpc) is 3.61. The number of ether oxygens (including phenoxy) is 1. The SMILES string of the molecule is CN(C)P(Cl)OC[C@@H]1CN(C(c2ccccc2)(c2ccccc2)c2ccccc2)C[C@H](n2cnc3c(NC(=O)c4ccccc4)ncnc32)O1. The van der Waals surface area contributed by atoms with Gasteiger partial charge in [-0.3, -0.25) is 18.9 Å². The van der Waals surface area contributed by atoms with E-state index in [2.05, 4.69) is 93.0 Å². The Bertz CT molecular complexity index is 1920. The van der Waals surface area contributed by atoms with Crippen molar-refractivity contribution in [3.63, 3.8) is 0 Å². The highest BCUT2D eigenvalue weighted by Gasteiger charge is 2.46. The van der Waals surface area contributed by atoms with Crippen molar-refractivity contribution in [3.8, 4) is 0 Å². The zero-order chi connectivity index (χ0) is 34.5. The normalized spacial score (nSPS) is 17.5. The van der Waals surface area contributed by atoms with Crippen molar-refractivity contribution in [2.45, 2.75) is 17.9 Å². The third-order valence-corrected chi connectivity index (χ3v) is 11.0. The smallest absolute Gasteiger partial charge is 0.256 e. The fourth-order valence-electron chi connectivity index (χ4n) is 6.61. The van der Waals surface area contributed by atoms with Gasteiger partial charge in [0.15, 0.2) is 17.0 Å². The average molecular weight is 706 g/mol. The molecule has 12 heteroatoms. The van der Waals surface area contributed by atoms with E-state index in [1.807, 2.05) is 59.7 Å². The van der Waals surface area contributed by atoms with Crippen LogP contribution in [-0.2, 0) is 14.8 Å². The Kier molecular flexibility index (Phi) is 10.3. The van der Waals surface area contributed by atoms with E-state index in [0.29, 0.717) is 35.6 Å². The number of nitrogens with one attached hydrogen (secondary N) is 1. The van der Waals surface area contributed by atoms with Crippen LogP contribution in [0.25, 0.3) is 11.2 Å². The van der Waals surface area contributed by atoms with Gasteiger partial charge in [0.2, 0.25) is 7.65 Å². The number of carbonyl (C=O) groups is 1. The molecule has 0 aliphatic carbocycles. The van der Waals surface area contributed by atoms with Crippen molar-refractivity contribution in [2.24, 2.45) is 0 Å². The van der Waals surface area contributed by atoms with Crippen LogP contribution in [0, 0.1) is 0 Å². The van der Waals surface area contributed by atoms with Gasteiger partial charge in [0.25, 0.3) is 5.91 Å². The summed E-state index contributed by atoms with van der Waals surface area (Å²) in [6, 6.07) is 40.7. The third kappa shape index (κ3) is 6.79. The second-order valence-corrected chi connectivity index (χ2v) is 14.5. The summed E-state index contributed by atoms with van der Waals surface area (Å²) >= 11 is 6.60. The number of aromatic nitrogens is 4. The molecule has 1 unspecified atom stereocenters. The first-order valence-electron chi connectivity index (χ1n) is 16.3. The van der Waals surface area contributed by atoms with E-state index in [0.717, 1.165) is 16.7 Å². The van der Waals surface area contributed by atoms with Gasteiger partial charge in [0.05, 0.1) is 24.6 Å². The molecule has 0 radical (unpaired) electrons. The van der Waals surface area contributed by atoms with Crippen molar-refractivity contribution in [2.75, 3.05) is 39.1 Å². The number of amides is 1. The summed E-state index contributed by atoms with van der Waals surface area (Å²) in [5.74, 6) is 0.0374. The third-order valence-electron chi connectivity index (χ3n) is 8.82. The maximum atomic E-state index is 13.1. The molecule has 7 rings (SSSR count). The number of halogens is 1. The van der Waals surface area contributed by atoms with Crippen molar-refractivity contribution >= 4 is 41.8 Å². The van der Waals surface area contributed by atoms with Crippen molar-refractivity contribution in [1.29, 1.82) is 0 Å². The molecule has 1 amide bonds. The molecule has 1 aliphatic heterocycles. The van der Waals surface area contributed by atoms with Gasteiger partial charge in [0, 0.05) is 18.7 Å². The van der Waals surface area contributed by atoms with Crippen molar-refractivity contribution in [3.05, 3.63) is 156 Å². The molecule has 6 aromatic rings. The number of nitrogens with zero attached hydrogens (tertiary/aromatic N) is 6.